The lowest BCUT2D eigenvalue weighted by molar-refractivity contribution is 0.0419. The summed E-state index contributed by atoms with van der Waals surface area (Å²) in [6, 6.07) is 0. The Labute approximate surface area is 132 Å². The molecule has 1 unspecified atom stereocenters. The van der Waals surface area contributed by atoms with Gasteiger partial charge in [0.2, 0.25) is 0 Å². The molecule has 21 heavy (non-hydrogen) atoms. The van der Waals surface area contributed by atoms with E-state index in [9.17, 15) is 0 Å². The van der Waals surface area contributed by atoms with E-state index in [4.69, 9.17) is 5.73 Å². The van der Waals surface area contributed by atoms with Crippen molar-refractivity contribution in [3.8, 4) is 0 Å². The topological polar surface area (TPSA) is 29.3 Å². The van der Waals surface area contributed by atoms with Crippen molar-refractivity contribution in [1.82, 2.24) is 4.90 Å². The van der Waals surface area contributed by atoms with Gasteiger partial charge >= 0.3 is 0 Å². The van der Waals surface area contributed by atoms with Gasteiger partial charge in [-0.2, -0.15) is 0 Å². The minimum Gasteiger partial charge on any atom is -0.329 e. The van der Waals surface area contributed by atoms with Gasteiger partial charge < -0.3 is 5.73 Å². The molecular formula is C19H38N2. The first-order chi connectivity index (χ1) is 9.91. The van der Waals surface area contributed by atoms with Crippen molar-refractivity contribution in [3.63, 3.8) is 0 Å². The maximum absolute atomic E-state index is 6.29. The lowest BCUT2D eigenvalue weighted by atomic mass is 9.74. The molecule has 0 spiro atoms. The van der Waals surface area contributed by atoms with Crippen LogP contribution in [0.4, 0.5) is 0 Å². The van der Waals surface area contributed by atoms with Gasteiger partial charge in [0.15, 0.2) is 0 Å². The summed E-state index contributed by atoms with van der Waals surface area (Å²) in [7, 11) is 0. The van der Waals surface area contributed by atoms with Gasteiger partial charge in [0.1, 0.15) is 0 Å². The maximum Gasteiger partial charge on any atom is 0.0331 e. The summed E-state index contributed by atoms with van der Waals surface area (Å²) in [5, 5.41) is 0. The Morgan fingerprint density at radius 3 is 2.24 bits per heavy atom. The fourth-order valence-corrected chi connectivity index (χ4v) is 4.71. The molecule has 0 aromatic heterocycles. The second kappa shape index (κ2) is 7.00. The predicted octanol–water partition coefficient (Wildman–Crippen LogP) is 4.43. The first-order valence-electron chi connectivity index (χ1n) is 9.36. The second-order valence-corrected chi connectivity index (χ2v) is 8.76. The van der Waals surface area contributed by atoms with E-state index >= 15 is 0 Å². The molecule has 2 heteroatoms. The molecule has 0 aromatic carbocycles. The van der Waals surface area contributed by atoms with E-state index in [0.717, 1.165) is 18.4 Å². The van der Waals surface area contributed by atoms with E-state index < -0.39 is 0 Å². The van der Waals surface area contributed by atoms with Gasteiger partial charge in [0.25, 0.3) is 0 Å². The first kappa shape index (κ1) is 17.3. The molecule has 2 fully saturated rings. The molecule has 2 nitrogen and oxygen atoms in total. The molecular weight excluding hydrogens is 256 g/mol. The van der Waals surface area contributed by atoms with Crippen LogP contribution in [0.5, 0.6) is 0 Å². The van der Waals surface area contributed by atoms with E-state index in [-0.39, 0.29) is 0 Å². The zero-order valence-electron chi connectivity index (χ0n) is 15.0. The van der Waals surface area contributed by atoms with E-state index in [1.165, 1.54) is 64.5 Å². The average Bonchev–Trinajstić information content (AvgIpc) is 2.73. The van der Waals surface area contributed by atoms with Gasteiger partial charge in [0.05, 0.1) is 0 Å². The van der Waals surface area contributed by atoms with Gasteiger partial charge in [-0.15, -0.1) is 0 Å². The fourth-order valence-electron chi connectivity index (χ4n) is 4.71. The summed E-state index contributed by atoms with van der Waals surface area (Å²) in [6.45, 7) is 13.0. The number of rotatable bonds is 3. The molecule has 0 radical (unpaired) electrons. The highest BCUT2D eigenvalue weighted by molar-refractivity contribution is 4.97. The first-order valence-corrected chi connectivity index (χ1v) is 9.36. The van der Waals surface area contributed by atoms with Crippen LogP contribution in [0.15, 0.2) is 0 Å². The van der Waals surface area contributed by atoms with Crippen molar-refractivity contribution in [2.24, 2.45) is 23.0 Å². The Morgan fingerprint density at radius 2 is 1.71 bits per heavy atom. The molecule has 1 aliphatic heterocycles. The van der Waals surface area contributed by atoms with Crippen LogP contribution in [0.1, 0.15) is 79.1 Å². The van der Waals surface area contributed by atoms with Crippen molar-refractivity contribution in [3.05, 3.63) is 0 Å². The molecule has 1 saturated heterocycles. The molecule has 1 atom stereocenters. The van der Waals surface area contributed by atoms with Gasteiger partial charge in [-0.1, -0.05) is 34.1 Å². The van der Waals surface area contributed by atoms with Crippen LogP contribution in [0, 0.1) is 17.3 Å². The Kier molecular flexibility index (Phi) is 5.76. The third-order valence-electron chi connectivity index (χ3n) is 6.62. The molecule has 1 aliphatic carbocycles. The Balaban J connectivity index is 2.00. The standard InChI is InChI=1S/C19H38N2/c1-5-16-8-11-19(15-20,12-9-16)21-13-6-7-17(10-14-21)18(2,3)4/h16-17H,5-15,20H2,1-4H3. The van der Waals surface area contributed by atoms with Gasteiger partial charge in [-0.3, -0.25) is 4.90 Å². The van der Waals surface area contributed by atoms with Crippen LogP contribution >= 0.6 is 0 Å². The van der Waals surface area contributed by atoms with E-state index in [2.05, 4.69) is 32.6 Å². The van der Waals surface area contributed by atoms with Crippen molar-refractivity contribution >= 4 is 0 Å². The third-order valence-corrected chi connectivity index (χ3v) is 6.62. The van der Waals surface area contributed by atoms with Crippen molar-refractivity contribution in [2.75, 3.05) is 19.6 Å². The maximum atomic E-state index is 6.29. The molecule has 2 N–H and O–H groups in total. The van der Waals surface area contributed by atoms with Crippen molar-refractivity contribution in [2.45, 2.75) is 84.6 Å². The number of hydrogen-bond acceptors (Lipinski definition) is 2. The van der Waals surface area contributed by atoms with E-state index in [1.807, 2.05) is 0 Å². The third kappa shape index (κ3) is 4.01. The number of hydrogen-bond donors (Lipinski definition) is 1. The summed E-state index contributed by atoms with van der Waals surface area (Å²) in [4.78, 5) is 2.80. The van der Waals surface area contributed by atoms with Crippen molar-refractivity contribution in [1.29, 1.82) is 0 Å². The minimum absolute atomic E-state index is 0.332. The molecule has 0 amide bonds. The summed E-state index contributed by atoms with van der Waals surface area (Å²) in [6.07, 6.45) is 10.9. The lowest BCUT2D eigenvalue weighted by Gasteiger charge is -2.47. The summed E-state index contributed by atoms with van der Waals surface area (Å²) in [5.41, 5.74) is 7.08. The molecule has 0 aromatic rings. The summed E-state index contributed by atoms with van der Waals surface area (Å²) < 4.78 is 0. The molecule has 2 rings (SSSR count). The van der Waals surface area contributed by atoms with E-state index in [0.29, 0.717) is 11.0 Å². The lowest BCUT2D eigenvalue weighted by Crippen LogP contribution is -2.56. The van der Waals surface area contributed by atoms with Gasteiger partial charge in [0, 0.05) is 12.1 Å². The highest BCUT2D eigenvalue weighted by Gasteiger charge is 2.40. The zero-order valence-corrected chi connectivity index (χ0v) is 15.0. The Morgan fingerprint density at radius 1 is 1.05 bits per heavy atom. The van der Waals surface area contributed by atoms with Crippen LogP contribution in [-0.2, 0) is 0 Å². The normalized spacial score (nSPS) is 36.4. The van der Waals surface area contributed by atoms with Gasteiger partial charge in [-0.05, 0) is 75.3 Å². The number of likely N-dealkylation sites (tertiary alicyclic amines) is 1. The van der Waals surface area contributed by atoms with Crippen LogP contribution in [0.3, 0.4) is 0 Å². The SMILES string of the molecule is CCC1CCC(CN)(N2CCCC(C(C)(C)C)CC2)CC1. The smallest absolute Gasteiger partial charge is 0.0331 e. The zero-order chi connectivity index (χ0) is 15.5. The van der Waals surface area contributed by atoms with E-state index in [1.54, 1.807) is 0 Å². The number of nitrogens with zero attached hydrogens (tertiary/aromatic N) is 1. The molecule has 124 valence electrons. The minimum atomic E-state index is 0.332. The predicted molar refractivity (Wildman–Crippen MR) is 92.4 cm³/mol. The second-order valence-electron chi connectivity index (χ2n) is 8.76. The average molecular weight is 295 g/mol. The summed E-state index contributed by atoms with van der Waals surface area (Å²) >= 11 is 0. The number of nitrogens with two attached hydrogens (primary N) is 1. The Hall–Kier alpha value is -0.0800. The van der Waals surface area contributed by atoms with Gasteiger partial charge in [-0.25, -0.2) is 0 Å². The van der Waals surface area contributed by atoms with Crippen LogP contribution in [-0.4, -0.2) is 30.1 Å². The molecule has 2 aliphatic rings. The fraction of sp³-hybridized carbons (Fsp3) is 1.00. The van der Waals surface area contributed by atoms with Crippen LogP contribution < -0.4 is 5.73 Å². The Bertz CT molecular complexity index is 310. The van der Waals surface area contributed by atoms with Crippen LogP contribution in [0.2, 0.25) is 0 Å². The van der Waals surface area contributed by atoms with Crippen molar-refractivity contribution < 1.29 is 0 Å². The monoisotopic (exact) mass is 294 g/mol. The molecule has 1 heterocycles. The quantitative estimate of drug-likeness (QED) is 0.834. The molecule has 1 saturated carbocycles. The highest BCUT2D eigenvalue weighted by atomic mass is 15.2. The largest absolute Gasteiger partial charge is 0.329 e. The summed E-state index contributed by atoms with van der Waals surface area (Å²) in [5.74, 6) is 1.84. The highest BCUT2D eigenvalue weighted by Crippen LogP contribution is 2.40. The molecule has 0 bridgehead atoms. The van der Waals surface area contributed by atoms with Crippen LogP contribution in [0.25, 0.3) is 0 Å².